The highest BCUT2D eigenvalue weighted by atomic mass is 16.5. The van der Waals surface area contributed by atoms with Crippen LogP contribution >= 0.6 is 0 Å². The predicted molar refractivity (Wildman–Crippen MR) is 79.9 cm³/mol. The molecule has 0 radical (unpaired) electrons. The van der Waals surface area contributed by atoms with Gasteiger partial charge in [-0.3, -0.25) is 4.79 Å². The maximum Gasteiger partial charge on any atom is 0.220 e. The molecule has 1 heterocycles. The van der Waals surface area contributed by atoms with Gasteiger partial charge in [0.05, 0.1) is 6.54 Å². The van der Waals surface area contributed by atoms with E-state index in [1.165, 1.54) is 5.56 Å². The number of nitrogens with one attached hydrogen (secondary N) is 2. The first kappa shape index (κ1) is 14.9. The van der Waals surface area contributed by atoms with Gasteiger partial charge in [0, 0.05) is 18.9 Å². The van der Waals surface area contributed by atoms with Crippen molar-refractivity contribution < 1.29 is 9.53 Å². The van der Waals surface area contributed by atoms with Crippen molar-refractivity contribution in [3.8, 4) is 5.75 Å². The Bertz CT molecular complexity index is 421. The number of amides is 1. The first-order valence-electron chi connectivity index (χ1n) is 7.40. The third kappa shape index (κ3) is 4.53. The van der Waals surface area contributed by atoms with Gasteiger partial charge >= 0.3 is 0 Å². The molecule has 2 rings (SSSR count). The number of benzene rings is 1. The van der Waals surface area contributed by atoms with Crippen LogP contribution in [0.1, 0.15) is 32.3 Å². The second kappa shape index (κ2) is 7.29. The normalized spacial score (nSPS) is 16.9. The molecular formula is C16H24N2O2. The Kier molecular flexibility index (Phi) is 5.41. The minimum atomic E-state index is 0.0742. The summed E-state index contributed by atoms with van der Waals surface area (Å²) >= 11 is 0. The molecule has 4 nitrogen and oxygen atoms in total. The Morgan fingerprint density at radius 2 is 2.20 bits per heavy atom. The molecule has 0 bridgehead atoms. The van der Waals surface area contributed by atoms with Crippen LogP contribution in [0.15, 0.2) is 24.3 Å². The highest BCUT2D eigenvalue weighted by Gasteiger charge is 2.22. The Morgan fingerprint density at radius 3 is 2.95 bits per heavy atom. The fraction of sp³-hybridized carbons (Fsp3) is 0.562. The van der Waals surface area contributed by atoms with Crippen molar-refractivity contribution in [1.29, 1.82) is 0 Å². The van der Waals surface area contributed by atoms with E-state index in [4.69, 9.17) is 4.74 Å². The van der Waals surface area contributed by atoms with Crippen molar-refractivity contribution in [2.75, 3.05) is 13.1 Å². The summed E-state index contributed by atoms with van der Waals surface area (Å²) in [5, 5.41) is 6.26. The van der Waals surface area contributed by atoms with Crippen LogP contribution in [0.3, 0.4) is 0 Å². The SMILES string of the molecule is CC(C)NCCCC(=O)NCC1Cc2ccccc2O1. The first-order valence-corrected chi connectivity index (χ1v) is 7.40. The molecule has 1 atom stereocenters. The summed E-state index contributed by atoms with van der Waals surface area (Å²) in [4.78, 5) is 11.7. The summed E-state index contributed by atoms with van der Waals surface area (Å²) in [6.45, 7) is 5.69. The Morgan fingerprint density at radius 1 is 1.40 bits per heavy atom. The second-order valence-electron chi connectivity index (χ2n) is 5.57. The van der Waals surface area contributed by atoms with Crippen LogP contribution in [0.25, 0.3) is 0 Å². The molecule has 0 saturated carbocycles. The van der Waals surface area contributed by atoms with Crippen LogP contribution in [0.2, 0.25) is 0 Å². The molecule has 110 valence electrons. The number of hydrogen-bond acceptors (Lipinski definition) is 3. The summed E-state index contributed by atoms with van der Waals surface area (Å²) in [5.74, 6) is 1.06. The predicted octanol–water partition coefficient (Wildman–Crippen LogP) is 1.88. The number of ether oxygens (including phenoxy) is 1. The molecule has 1 aromatic rings. The molecule has 1 aliphatic rings. The van der Waals surface area contributed by atoms with E-state index in [9.17, 15) is 4.79 Å². The van der Waals surface area contributed by atoms with Gasteiger partial charge in [-0.2, -0.15) is 0 Å². The quantitative estimate of drug-likeness (QED) is 0.748. The van der Waals surface area contributed by atoms with Crippen molar-refractivity contribution in [2.24, 2.45) is 0 Å². The monoisotopic (exact) mass is 276 g/mol. The van der Waals surface area contributed by atoms with E-state index in [2.05, 4.69) is 30.5 Å². The van der Waals surface area contributed by atoms with Crippen LogP contribution in [-0.4, -0.2) is 31.1 Å². The van der Waals surface area contributed by atoms with E-state index in [0.717, 1.165) is 25.1 Å². The summed E-state index contributed by atoms with van der Waals surface area (Å²) in [7, 11) is 0. The van der Waals surface area contributed by atoms with Crippen LogP contribution < -0.4 is 15.4 Å². The van der Waals surface area contributed by atoms with E-state index >= 15 is 0 Å². The fourth-order valence-corrected chi connectivity index (χ4v) is 2.32. The third-order valence-electron chi connectivity index (χ3n) is 3.37. The number of hydrogen-bond donors (Lipinski definition) is 2. The van der Waals surface area contributed by atoms with Gasteiger partial charge < -0.3 is 15.4 Å². The highest BCUT2D eigenvalue weighted by Crippen LogP contribution is 2.27. The Labute approximate surface area is 120 Å². The minimum absolute atomic E-state index is 0.0742. The van der Waals surface area contributed by atoms with Gasteiger partial charge in [-0.1, -0.05) is 32.0 Å². The lowest BCUT2D eigenvalue weighted by atomic mass is 10.1. The van der Waals surface area contributed by atoms with Gasteiger partial charge in [0.1, 0.15) is 11.9 Å². The molecule has 0 aliphatic carbocycles. The topological polar surface area (TPSA) is 50.4 Å². The summed E-state index contributed by atoms with van der Waals surface area (Å²) in [6, 6.07) is 8.53. The lowest BCUT2D eigenvalue weighted by Crippen LogP contribution is -2.34. The van der Waals surface area contributed by atoms with Crippen molar-refractivity contribution in [1.82, 2.24) is 10.6 Å². The maximum absolute atomic E-state index is 11.7. The number of fused-ring (bicyclic) bond motifs is 1. The van der Waals surface area contributed by atoms with Crippen LogP contribution in [0, 0.1) is 0 Å². The van der Waals surface area contributed by atoms with Crippen molar-refractivity contribution in [3.05, 3.63) is 29.8 Å². The zero-order valence-electron chi connectivity index (χ0n) is 12.3. The average molecular weight is 276 g/mol. The van der Waals surface area contributed by atoms with E-state index in [-0.39, 0.29) is 12.0 Å². The zero-order valence-corrected chi connectivity index (χ0v) is 12.3. The molecular weight excluding hydrogens is 252 g/mol. The Hall–Kier alpha value is -1.55. The molecule has 4 heteroatoms. The molecule has 0 saturated heterocycles. The molecule has 2 N–H and O–H groups in total. The van der Waals surface area contributed by atoms with E-state index < -0.39 is 0 Å². The maximum atomic E-state index is 11.7. The van der Waals surface area contributed by atoms with Crippen LogP contribution in [0.4, 0.5) is 0 Å². The van der Waals surface area contributed by atoms with Crippen LogP contribution in [-0.2, 0) is 11.2 Å². The summed E-state index contributed by atoms with van der Waals surface area (Å²) < 4.78 is 5.79. The van der Waals surface area contributed by atoms with Gasteiger partial charge in [-0.15, -0.1) is 0 Å². The number of para-hydroxylation sites is 1. The first-order chi connectivity index (χ1) is 9.65. The largest absolute Gasteiger partial charge is 0.488 e. The highest BCUT2D eigenvalue weighted by molar-refractivity contribution is 5.75. The van der Waals surface area contributed by atoms with Crippen molar-refractivity contribution >= 4 is 5.91 Å². The van der Waals surface area contributed by atoms with Gasteiger partial charge in [-0.05, 0) is 24.6 Å². The summed E-state index contributed by atoms with van der Waals surface area (Å²) in [6.07, 6.45) is 2.39. The van der Waals surface area contributed by atoms with Crippen LogP contribution in [0.5, 0.6) is 5.75 Å². The molecule has 1 aromatic carbocycles. The van der Waals surface area contributed by atoms with E-state index in [1.807, 2.05) is 18.2 Å². The average Bonchev–Trinajstić information content (AvgIpc) is 2.84. The second-order valence-corrected chi connectivity index (χ2v) is 5.57. The van der Waals surface area contributed by atoms with Gasteiger partial charge in [0.2, 0.25) is 5.91 Å². The van der Waals surface area contributed by atoms with E-state index in [1.54, 1.807) is 0 Å². The van der Waals surface area contributed by atoms with E-state index in [0.29, 0.717) is 19.0 Å². The molecule has 1 aliphatic heterocycles. The molecule has 0 aromatic heterocycles. The minimum Gasteiger partial charge on any atom is -0.488 e. The molecule has 20 heavy (non-hydrogen) atoms. The number of carbonyl (C=O) groups excluding carboxylic acids is 1. The van der Waals surface area contributed by atoms with Crippen molar-refractivity contribution in [3.63, 3.8) is 0 Å². The van der Waals surface area contributed by atoms with Gasteiger partial charge in [-0.25, -0.2) is 0 Å². The Balaban J connectivity index is 1.61. The standard InChI is InChI=1S/C16H24N2O2/c1-12(2)17-9-5-8-16(19)18-11-14-10-13-6-3-4-7-15(13)20-14/h3-4,6-7,12,14,17H,5,8-11H2,1-2H3,(H,18,19). The van der Waals surface area contributed by atoms with Gasteiger partial charge in [0.25, 0.3) is 0 Å². The molecule has 1 amide bonds. The lowest BCUT2D eigenvalue weighted by Gasteiger charge is -2.12. The zero-order chi connectivity index (χ0) is 14.4. The summed E-state index contributed by atoms with van der Waals surface area (Å²) in [5.41, 5.74) is 1.23. The molecule has 0 spiro atoms. The van der Waals surface area contributed by atoms with Gasteiger partial charge in [0.15, 0.2) is 0 Å². The third-order valence-corrected chi connectivity index (χ3v) is 3.37. The molecule has 0 fully saturated rings. The number of carbonyl (C=O) groups is 1. The number of rotatable bonds is 7. The smallest absolute Gasteiger partial charge is 0.220 e. The fourth-order valence-electron chi connectivity index (χ4n) is 2.32. The van der Waals surface area contributed by atoms with Crippen molar-refractivity contribution in [2.45, 2.75) is 45.3 Å². The molecule has 1 unspecified atom stereocenters. The lowest BCUT2D eigenvalue weighted by molar-refractivity contribution is -0.121.